The Morgan fingerprint density at radius 2 is 1.93 bits per heavy atom. The standard InChI is InChI=1S/C32H29Cl3F2N6O3/c1-6-20(44)42-10-9-41(13-16(42)5)29-17-11-19(33)27(21-24(36)25(37)22(34)23(35)30(21)45)40-31(17)43(32(46)18(29)12-38)28-15(4)7-8-39-26(28)14(2)3/h6-8,11,14,16,26,39,45H,1,9-10,13H2,2-5H3/t16-,26?/m1/s1. The van der Waals surface area contributed by atoms with Gasteiger partial charge >= 0.3 is 0 Å². The second kappa shape index (κ2) is 12.6. The number of hydrogen-bond donors (Lipinski definition) is 2. The summed E-state index contributed by atoms with van der Waals surface area (Å²) in [6, 6.07) is 2.73. The number of anilines is 1. The van der Waals surface area contributed by atoms with Crippen molar-refractivity contribution in [2.75, 3.05) is 24.5 Å². The Bertz CT molecular complexity index is 1960. The average Bonchev–Trinajstić information content (AvgIpc) is 3.02. The third kappa shape index (κ3) is 5.28. The Labute approximate surface area is 278 Å². The Balaban J connectivity index is 1.91. The van der Waals surface area contributed by atoms with E-state index in [1.54, 1.807) is 29.0 Å². The number of nitrogens with zero attached hydrogens (tertiary/aromatic N) is 5. The van der Waals surface area contributed by atoms with Gasteiger partial charge in [-0.3, -0.25) is 14.2 Å². The van der Waals surface area contributed by atoms with E-state index < -0.39 is 50.3 Å². The molecule has 1 fully saturated rings. The Morgan fingerprint density at radius 3 is 2.54 bits per heavy atom. The van der Waals surface area contributed by atoms with E-state index in [1.807, 2.05) is 20.8 Å². The number of aromatic nitrogens is 2. The van der Waals surface area contributed by atoms with Crippen molar-refractivity contribution in [3.8, 4) is 23.1 Å². The molecule has 2 aromatic heterocycles. The fraction of sp³-hybridized carbons (Fsp3) is 0.312. The number of hydrogen-bond acceptors (Lipinski definition) is 7. The number of pyridine rings is 2. The maximum Gasteiger partial charge on any atom is 0.276 e. The molecule has 9 nitrogen and oxygen atoms in total. The van der Waals surface area contributed by atoms with Gasteiger partial charge in [-0.25, -0.2) is 13.8 Å². The maximum atomic E-state index is 15.4. The maximum absolute atomic E-state index is 15.4. The van der Waals surface area contributed by atoms with Crippen LogP contribution in [0.3, 0.4) is 0 Å². The predicted octanol–water partition coefficient (Wildman–Crippen LogP) is 6.47. The zero-order valence-corrected chi connectivity index (χ0v) is 27.5. The van der Waals surface area contributed by atoms with Gasteiger partial charge in [0.05, 0.1) is 33.7 Å². The number of halogens is 5. The summed E-state index contributed by atoms with van der Waals surface area (Å²) in [5.74, 6) is -4.25. The number of aromatic hydroxyl groups is 1. The Morgan fingerprint density at radius 1 is 1.24 bits per heavy atom. The number of nitrogens with one attached hydrogen (secondary N) is 1. The molecule has 2 aliphatic heterocycles. The first-order valence-corrected chi connectivity index (χ1v) is 15.4. The third-order valence-corrected chi connectivity index (χ3v) is 9.39. The van der Waals surface area contributed by atoms with Crippen LogP contribution in [0, 0.1) is 28.9 Å². The highest BCUT2D eigenvalue weighted by Gasteiger charge is 2.34. The summed E-state index contributed by atoms with van der Waals surface area (Å²) < 4.78 is 31.5. The summed E-state index contributed by atoms with van der Waals surface area (Å²) in [6.45, 7) is 11.9. The van der Waals surface area contributed by atoms with Crippen LogP contribution >= 0.6 is 34.8 Å². The van der Waals surface area contributed by atoms with E-state index in [1.165, 1.54) is 16.7 Å². The summed E-state index contributed by atoms with van der Waals surface area (Å²) in [4.78, 5) is 34.9. The van der Waals surface area contributed by atoms with Crippen LogP contribution in [-0.2, 0) is 4.79 Å². The molecular formula is C32H29Cl3F2N6O3. The highest BCUT2D eigenvalue weighted by molar-refractivity contribution is 6.43. The van der Waals surface area contributed by atoms with Crippen LogP contribution in [0.2, 0.25) is 15.1 Å². The number of amides is 1. The number of allylic oxidation sites excluding steroid dienone is 2. The number of carbonyl (C=O) groups is 1. The van der Waals surface area contributed by atoms with Crippen molar-refractivity contribution in [2.24, 2.45) is 5.92 Å². The zero-order valence-electron chi connectivity index (χ0n) is 25.3. The van der Waals surface area contributed by atoms with E-state index in [0.717, 1.165) is 0 Å². The molecule has 1 aromatic carbocycles. The molecule has 0 radical (unpaired) electrons. The summed E-state index contributed by atoms with van der Waals surface area (Å²) in [5, 5.41) is 23.1. The van der Waals surface area contributed by atoms with E-state index >= 15 is 4.39 Å². The van der Waals surface area contributed by atoms with E-state index in [0.29, 0.717) is 11.3 Å². The Kier molecular flexibility index (Phi) is 9.10. The molecule has 0 spiro atoms. The number of phenols is 1. The van der Waals surface area contributed by atoms with E-state index in [2.05, 4.69) is 22.9 Å². The first-order valence-electron chi connectivity index (χ1n) is 14.3. The molecular weight excluding hydrogens is 661 g/mol. The van der Waals surface area contributed by atoms with Gasteiger partial charge in [0.2, 0.25) is 5.91 Å². The largest absolute Gasteiger partial charge is 0.506 e. The van der Waals surface area contributed by atoms with Crippen molar-refractivity contribution in [3.63, 3.8) is 0 Å². The third-order valence-electron chi connectivity index (χ3n) is 8.28. The zero-order chi connectivity index (χ0) is 33.8. The van der Waals surface area contributed by atoms with Crippen LogP contribution in [0.25, 0.3) is 28.0 Å². The topological polar surface area (TPSA) is 114 Å². The molecule has 1 amide bonds. The summed E-state index contributed by atoms with van der Waals surface area (Å²) >= 11 is 18.5. The molecule has 2 N–H and O–H groups in total. The van der Waals surface area contributed by atoms with Gasteiger partial charge in [0.15, 0.2) is 11.6 Å². The van der Waals surface area contributed by atoms with Gasteiger partial charge in [0.25, 0.3) is 5.56 Å². The lowest BCUT2D eigenvalue weighted by Crippen LogP contribution is -2.54. The molecule has 14 heteroatoms. The van der Waals surface area contributed by atoms with E-state index in [4.69, 9.17) is 34.8 Å². The number of dihydropyridines is 1. The van der Waals surface area contributed by atoms with Crippen molar-refractivity contribution in [2.45, 2.75) is 39.8 Å². The van der Waals surface area contributed by atoms with E-state index in [9.17, 15) is 24.3 Å². The smallest absolute Gasteiger partial charge is 0.276 e. The molecule has 1 saturated heterocycles. The lowest BCUT2D eigenvalue weighted by molar-refractivity contribution is -0.128. The summed E-state index contributed by atoms with van der Waals surface area (Å²) in [6.07, 6.45) is 4.74. The second-order valence-corrected chi connectivity index (χ2v) is 12.6. The molecule has 5 rings (SSSR count). The van der Waals surface area contributed by atoms with Gasteiger partial charge in [-0.1, -0.05) is 55.2 Å². The molecule has 2 atom stereocenters. The number of piperazine rings is 1. The SMILES string of the molecule is C=CC(=O)N1CCN(c2c(C#N)c(=O)n(C3=C(C)C=CNC3C(C)C)c3nc(-c4c(O)c(Cl)c(Cl)c(F)c4F)c(Cl)cc23)C[C@H]1C. The molecule has 3 aromatic rings. The fourth-order valence-electron chi connectivity index (χ4n) is 6.05. The van der Waals surface area contributed by atoms with Crippen molar-refractivity contribution in [1.29, 1.82) is 5.26 Å². The number of benzene rings is 1. The molecule has 2 aliphatic rings. The molecule has 240 valence electrons. The van der Waals surface area contributed by atoms with Crippen LogP contribution in [0.5, 0.6) is 5.75 Å². The second-order valence-electron chi connectivity index (χ2n) is 11.5. The van der Waals surface area contributed by atoms with Crippen molar-refractivity contribution < 1.29 is 18.7 Å². The number of rotatable bonds is 5. The lowest BCUT2D eigenvalue weighted by Gasteiger charge is -2.41. The van der Waals surface area contributed by atoms with Crippen LogP contribution in [-0.4, -0.2) is 57.2 Å². The first kappa shape index (κ1) is 33.3. The highest BCUT2D eigenvalue weighted by atomic mass is 35.5. The molecule has 4 heterocycles. The number of carbonyl (C=O) groups excluding carboxylic acids is 1. The molecule has 0 bridgehead atoms. The Hall–Kier alpha value is -4.11. The number of nitriles is 1. The van der Waals surface area contributed by atoms with Gasteiger partial charge in [-0.05, 0) is 49.8 Å². The van der Waals surface area contributed by atoms with Gasteiger partial charge in [-0.15, -0.1) is 0 Å². The van der Waals surface area contributed by atoms with Crippen molar-refractivity contribution in [3.05, 3.63) is 79.2 Å². The predicted molar refractivity (Wildman–Crippen MR) is 176 cm³/mol. The summed E-state index contributed by atoms with van der Waals surface area (Å²) in [7, 11) is 0. The highest BCUT2D eigenvalue weighted by Crippen LogP contribution is 2.46. The molecule has 46 heavy (non-hydrogen) atoms. The molecule has 0 aliphatic carbocycles. The van der Waals surface area contributed by atoms with Crippen LogP contribution in [0.4, 0.5) is 14.5 Å². The van der Waals surface area contributed by atoms with Gasteiger partial charge < -0.3 is 20.2 Å². The normalized spacial score (nSPS) is 18.3. The van der Waals surface area contributed by atoms with Gasteiger partial charge in [0.1, 0.15) is 33.1 Å². The average molecular weight is 690 g/mol. The van der Waals surface area contributed by atoms with Crippen molar-refractivity contribution >= 4 is 63.1 Å². The minimum absolute atomic E-state index is 0.0296. The monoisotopic (exact) mass is 688 g/mol. The fourth-order valence-corrected chi connectivity index (χ4v) is 6.64. The minimum Gasteiger partial charge on any atom is -0.506 e. The van der Waals surface area contributed by atoms with E-state index in [-0.39, 0.29) is 64.8 Å². The summed E-state index contributed by atoms with van der Waals surface area (Å²) in [5.41, 5.74) is -0.683. The van der Waals surface area contributed by atoms with Crippen LogP contribution < -0.4 is 15.8 Å². The minimum atomic E-state index is -1.54. The van der Waals surface area contributed by atoms with Crippen LogP contribution in [0.1, 0.15) is 33.3 Å². The quantitative estimate of drug-likeness (QED) is 0.179. The first-order chi connectivity index (χ1) is 21.7. The van der Waals surface area contributed by atoms with Crippen LogP contribution in [0.15, 0.2) is 41.4 Å². The number of fused-ring (bicyclic) bond motifs is 1. The molecule has 0 saturated carbocycles. The van der Waals surface area contributed by atoms with Gasteiger partial charge in [0, 0.05) is 31.1 Å². The lowest BCUT2D eigenvalue weighted by atomic mass is 9.94. The number of phenolic OH excluding ortho intramolecular Hbond substituents is 1. The van der Waals surface area contributed by atoms with Crippen molar-refractivity contribution in [1.82, 2.24) is 19.8 Å². The molecule has 1 unspecified atom stereocenters. The van der Waals surface area contributed by atoms with Gasteiger partial charge in [-0.2, -0.15) is 5.26 Å².